The SMILES string of the molecule is Cc1c(C(=O)O)ccc2c1CC[C@@H]2NC(=O)c1cc(C(=O)NCc2ccc3c(c2)CC(=O)C(C)O3)nc2ccnn12. The second kappa shape index (κ2) is 10.2. The average Bonchev–Trinajstić information content (AvgIpc) is 3.59. The van der Waals surface area contributed by atoms with Crippen LogP contribution in [0, 0.1) is 6.92 Å². The Bertz CT molecular complexity index is 1760. The molecular formula is C30H27N5O6. The highest BCUT2D eigenvalue weighted by Gasteiger charge is 2.29. The number of carbonyl (C=O) groups is 4. The van der Waals surface area contributed by atoms with E-state index in [4.69, 9.17) is 4.74 Å². The smallest absolute Gasteiger partial charge is 0.335 e. The number of aromatic nitrogens is 3. The first-order chi connectivity index (χ1) is 19.7. The van der Waals surface area contributed by atoms with Gasteiger partial charge in [-0.1, -0.05) is 12.1 Å². The zero-order valence-electron chi connectivity index (χ0n) is 22.4. The molecule has 0 bridgehead atoms. The van der Waals surface area contributed by atoms with Crippen LogP contribution in [0.15, 0.2) is 48.7 Å². The number of nitrogens with one attached hydrogen (secondary N) is 2. The number of carboxylic acids is 1. The number of fused-ring (bicyclic) bond motifs is 3. The van der Waals surface area contributed by atoms with E-state index in [1.54, 1.807) is 38.1 Å². The van der Waals surface area contributed by atoms with Crippen molar-refractivity contribution in [3.05, 3.63) is 93.4 Å². The second-order valence-corrected chi connectivity index (χ2v) is 10.3. The molecule has 6 rings (SSSR count). The summed E-state index contributed by atoms with van der Waals surface area (Å²) in [4.78, 5) is 54.5. The summed E-state index contributed by atoms with van der Waals surface area (Å²) in [5.41, 5.74) is 4.90. The Kier molecular flexibility index (Phi) is 6.49. The summed E-state index contributed by atoms with van der Waals surface area (Å²) in [6.07, 6.45) is 2.58. The molecule has 0 saturated carbocycles. The lowest BCUT2D eigenvalue weighted by atomic mass is 9.98. The lowest BCUT2D eigenvalue weighted by molar-refractivity contribution is -0.125. The predicted molar refractivity (Wildman–Crippen MR) is 146 cm³/mol. The van der Waals surface area contributed by atoms with Crippen molar-refractivity contribution in [2.75, 3.05) is 0 Å². The minimum absolute atomic E-state index is 0.00374. The monoisotopic (exact) mass is 553 g/mol. The first-order valence-electron chi connectivity index (χ1n) is 13.3. The number of Topliss-reactive ketones (excluding diaryl/α,β-unsaturated/α-hetero) is 1. The molecule has 2 atom stereocenters. The first kappa shape index (κ1) is 26.2. The molecule has 1 aliphatic heterocycles. The minimum atomic E-state index is -0.980. The number of nitrogens with zero attached hydrogens (tertiary/aromatic N) is 3. The predicted octanol–water partition coefficient (Wildman–Crippen LogP) is 2.98. The lowest BCUT2D eigenvalue weighted by Crippen LogP contribution is -2.31. The molecule has 2 aromatic carbocycles. The van der Waals surface area contributed by atoms with E-state index >= 15 is 0 Å². The van der Waals surface area contributed by atoms with Gasteiger partial charge in [0.05, 0.1) is 17.8 Å². The Morgan fingerprint density at radius 3 is 2.76 bits per heavy atom. The molecule has 0 saturated heterocycles. The van der Waals surface area contributed by atoms with E-state index in [-0.39, 0.29) is 41.7 Å². The summed E-state index contributed by atoms with van der Waals surface area (Å²) < 4.78 is 7.01. The topological polar surface area (TPSA) is 152 Å². The molecular weight excluding hydrogens is 526 g/mol. The normalized spacial score (nSPS) is 17.5. The van der Waals surface area contributed by atoms with Crippen molar-refractivity contribution in [1.29, 1.82) is 0 Å². The van der Waals surface area contributed by atoms with E-state index in [1.807, 2.05) is 12.1 Å². The van der Waals surface area contributed by atoms with Crippen LogP contribution in [0.2, 0.25) is 0 Å². The van der Waals surface area contributed by atoms with Crippen molar-refractivity contribution in [2.45, 2.75) is 51.8 Å². The fourth-order valence-corrected chi connectivity index (χ4v) is 5.54. The molecule has 11 heteroatoms. The largest absolute Gasteiger partial charge is 0.483 e. The average molecular weight is 554 g/mol. The number of rotatable bonds is 6. The van der Waals surface area contributed by atoms with Gasteiger partial charge in [0.25, 0.3) is 11.8 Å². The molecule has 2 amide bonds. The van der Waals surface area contributed by atoms with Crippen LogP contribution < -0.4 is 15.4 Å². The van der Waals surface area contributed by atoms with Crippen molar-refractivity contribution in [3.63, 3.8) is 0 Å². The molecule has 2 aliphatic rings. The van der Waals surface area contributed by atoms with Crippen LogP contribution in [0.25, 0.3) is 5.65 Å². The van der Waals surface area contributed by atoms with Crippen LogP contribution in [0.1, 0.15) is 78.5 Å². The fraction of sp³-hybridized carbons (Fsp3) is 0.267. The molecule has 1 unspecified atom stereocenters. The van der Waals surface area contributed by atoms with Crippen LogP contribution in [0.3, 0.4) is 0 Å². The highest BCUT2D eigenvalue weighted by Crippen LogP contribution is 2.35. The second-order valence-electron chi connectivity index (χ2n) is 10.3. The lowest BCUT2D eigenvalue weighted by Gasteiger charge is -2.22. The fourth-order valence-electron chi connectivity index (χ4n) is 5.54. The maximum atomic E-state index is 13.5. The molecule has 2 aromatic heterocycles. The first-order valence-corrected chi connectivity index (χ1v) is 13.3. The van der Waals surface area contributed by atoms with Crippen LogP contribution in [0.4, 0.5) is 0 Å². The molecule has 0 radical (unpaired) electrons. The van der Waals surface area contributed by atoms with Gasteiger partial charge in [0.2, 0.25) is 0 Å². The van der Waals surface area contributed by atoms with Gasteiger partial charge in [0.15, 0.2) is 17.5 Å². The maximum absolute atomic E-state index is 13.5. The molecule has 41 heavy (non-hydrogen) atoms. The Labute approximate surface area is 234 Å². The zero-order chi connectivity index (χ0) is 28.8. The number of amides is 2. The molecule has 3 N–H and O–H groups in total. The van der Waals surface area contributed by atoms with E-state index in [0.717, 1.165) is 22.3 Å². The summed E-state index contributed by atoms with van der Waals surface area (Å²) in [5, 5.41) is 19.5. The summed E-state index contributed by atoms with van der Waals surface area (Å²) in [5.74, 6) is -1.21. The number of ether oxygens (including phenoxy) is 1. The van der Waals surface area contributed by atoms with Gasteiger partial charge < -0.3 is 20.5 Å². The van der Waals surface area contributed by atoms with E-state index in [1.165, 1.54) is 16.8 Å². The Balaban J connectivity index is 1.20. The van der Waals surface area contributed by atoms with E-state index < -0.39 is 23.9 Å². The molecule has 0 fully saturated rings. The van der Waals surface area contributed by atoms with Crippen molar-refractivity contribution >= 4 is 29.2 Å². The summed E-state index contributed by atoms with van der Waals surface area (Å²) in [7, 11) is 0. The summed E-state index contributed by atoms with van der Waals surface area (Å²) >= 11 is 0. The van der Waals surface area contributed by atoms with Crippen molar-refractivity contribution in [2.24, 2.45) is 0 Å². The highest BCUT2D eigenvalue weighted by molar-refractivity contribution is 5.98. The summed E-state index contributed by atoms with van der Waals surface area (Å²) in [6.45, 7) is 3.70. The van der Waals surface area contributed by atoms with Crippen LogP contribution in [-0.2, 0) is 24.2 Å². The number of carboxylic acid groups (broad SMARTS) is 1. The van der Waals surface area contributed by atoms with Crippen LogP contribution in [-0.4, -0.2) is 49.4 Å². The van der Waals surface area contributed by atoms with Gasteiger partial charge in [-0.2, -0.15) is 5.10 Å². The Morgan fingerprint density at radius 1 is 1.12 bits per heavy atom. The minimum Gasteiger partial charge on any atom is -0.483 e. The number of carbonyl (C=O) groups excluding carboxylic acids is 3. The molecule has 11 nitrogen and oxygen atoms in total. The van der Waals surface area contributed by atoms with E-state index in [9.17, 15) is 24.3 Å². The quantitative estimate of drug-likeness (QED) is 0.330. The summed E-state index contributed by atoms with van der Waals surface area (Å²) in [6, 6.07) is 11.5. The highest BCUT2D eigenvalue weighted by atomic mass is 16.5. The van der Waals surface area contributed by atoms with Gasteiger partial charge >= 0.3 is 5.97 Å². The van der Waals surface area contributed by atoms with Gasteiger partial charge in [-0.3, -0.25) is 14.4 Å². The Morgan fingerprint density at radius 2 is 1.95 bits per heavy atom. The van der Waals surface area contributed by atoms with Gasteiger partial charge in [-0.15, -0.1) is 0 Å². The maximum Gasteiger partial charge on any atom is 0.335 e. The van der Waals surface area contributed by atoms with E-state index in [0.29, 0.717) is 29.8 Å². The van der Waals surface area contributed by atoms with E-state index in [2.05, 4.69) is 20.7 Å². The van der Waals surface area contributed by atoms with Crippen LogP contribution in [0.5, 0.6) is 5.75 Å². The van der Waals surface area contributed by atoms with Crippen molar-refractivity contribution in [1.82, 2.24) is 25.2 Å². The van der Waals surface area contributed by atoms with Crippen LogP contribution >= 0.6 is 0 Å². The molecule has 3 heterocycles. The number of ketones is 1. The number of aromatic carboxylic acids is 1. The molecule has 1 aliphatic carbocycles. The number of hydrogen-bond donors (Lipinski definition) is 3. The number of hydrogen-bond acceptors (Lipinski definition) is 7. The van der Waals surface area contributed by atoms with Crippen molar-refractivity contribution < 1.29 is 29.0 Å². The van der Waals surface area contributed by atoms with Gasteiger partial charge in [-0.25, -0.2) is 14.3 Å². The third kappa shape index (κ3) is 4.79. The third-order valence-corrected chi connectivity index (χ3v) is 7.75. The zero-order valence-corrected chi connectivity index (χ0v) is 22.4. The molecule has 0 spiro atoms. The van der Waals surface area contributed by atoms with Gasteiger partial charge in [0, 0.05) is 30.7 Å². The molecule has 4 aromatic rings. The van der Waals surface area contributed by atoms with Gasteiger partial charge in [0.1, 0.15) is 17.1 Å². The Hall–Kier alpha value is -5.06. The van der Waals surface area contributed by atoms with Gasteiger partial charge in [-0.05, 0) is 67.1 Å². The molecule has 208 valence electrons. The third-order valence-electron chi connectivity index (χ3n) is 7.75. The standard InChI is InChI=1S/C30H27N5O6/c1-15-19-6-7-22(21(19)5-4-20(15)30(39)40)34-29(38)24-13-23(33-27-9-10-32-35(24)27)28(37)31-14-17-3-8-26-18(11-17)12-25(36)16(2)41-26/h3-5,8-11,13,16,22H,6-7,12,14H2,1-2H3,(H,31,37)(H,34,38)(H,39,40)/t16?,22-/m0/s1. The van der Waals surface area contributed by atoms with Crippen molar-refractivity contribution in [3.8, 4) is 5.75 Å². The number of benzene rings is 2.